The molecule has 0 aliphatic carbocycles. The van der Waals surface area contributed by atoms with Crippen LogP contribution in [0.2, 0.25) is 0 Å². The van der Waals surface area contributed by atoms with Crippen molar-refractivity contribution in [2.45, 2.75) is 33.0 Å². The SMILES string of the molecule is CC(C)NCc1cc(F)ccc1OCc1ccncc1. The molecule has 1 aromatic heterocycles. The Morgan fingerprint density at radius 1 is 1.20 bits per heavy atom. The third-order valence-electron chi connectivity index (χ3n) is 2.87. The predicted molar refractivity (Wildman–Crippen MR) is 76.9 cm³/mol. The molecule has 0 aliphatic rings. The molecule has 0 radical (unpaired) electrons. The van der Waals surface area contributed by atoms with E-state index in [9.17, 15) is 4.39 Å². The van der Waals surface area contributed by atoms with Crippen molar-refractivity contribution in [2.75, 3.05) is 0 Å². The highest BCUT2D eigenvalue weighted by Gasteiger charge is 2.06. The third kappa shape index (κ3) is 4.31. The van der Waals surface area contributed by atoms with Gasteiger partial charge in [0.15, 0.2) is 0 Å². The van der Waals surface area contributed by atoms with Crippen LogP contribution in [0.3, 0.4) is 0 Å². The number of benzene rings is 1. The molecule has 0 bridgehead atoms. The van der Waals surface area contributed by atoms with Crippen LogP contribution < -0.4 is 10.1 Å². The van der Waals surface area contributed by atoms with Gasteiger partial charge in [0.1, 0.15) is 18.2 Å². The van der Waals surface area contributed by atoms with Gasteiger partial charge in [0, 0.05) is 30.5 Å². The molecule has 4 heteroatoms. The number of nitrogens with zero attached hydrogens (tertiary/aromatic N) is 1. The van der Waals surface area contributed by atoms with Crippen molar-refractivity contribution in [1.29, 1.82) is 0 Å². The predicted octanol–water partition coefficient (Wildman–Crippen LogP) is 3.30. The summed E-state index contributed by atoms with van der Waals surface area (Å²) >= 11 is 0. The lowest BCUT2D eigenvalue weighted by atomic mass is 10.2. The van der Waals surface area contributed by atoms with Gasteiger partial charge in [0.2, 0.25) is 0 Å². The standard InChI is InChI=1S/C16H19FN2O/c1-12(2)19-10-14-9-15(17)3-4-16(14)20-11-13-5-7-18-8-6-13/h3-9,12,19H,10-11H2,1-2H3. The minimum atomic E-state index is -0.248. The summed E-state index contributed by atoms with van der Waals surface area (Å²) in [5.74, 6) is 0.457. The molecule has 0 spiro atoms. The van der Waals surface area contributed by atoms with E-state index >= 15 is 0 Å². The third-order valence-corrected chi connectivity index (χ3v) is 2.87. The summed E-state index contributed by atoms with van der Waals surface area (Å²) in [4.78, 5) is 3.96. The molecule has 0 saturated heterocycles. The van der Waals surface area contributed by atoms with Gasteiger partial charge in [-0.3, -0.25) is 4.98 Å². The normalized spacial score (nSPS) is 10.8. The molecule has 106 valence electrons. The summed E-state index contributed by atoms with van der Waals surface area (Å²) in [5.41, 5.74) is 1.86. The van der Waals surface area contributed by atoms with E-state index in [0.29, 0.717) is 24.9 Å². The monoisotopic (exact) mass is 274 g/mol. The number of nitrogens with one attached hydrogen (secondary N) is 1. The summed E-state index contributed by atoms with van der Waals surface area (Å²) in [6.07, 6.45) is 3.45. The Kier molecular flexibility index (Phi) is 5.07. The van der Waals surface area contributed by atoms with Crippen molar-refractivity contribution >= 4 is 0 Å². The molecule has 1 heterocycles. The van der Waals surface area contributed by atoms with Crippen molar-refractivity contribution in [1.82, 2.24) is 10.3 Å². The lowest BCUT2D eigenvalue weighted by molar-refractivity contribution is 0.301. The first-order valence-electron chi connectivity index (χ1n) is 6.68. The van der Waals surface area contributed by atoms with Crippen molar-refractivity contribution in [3.63, 3.8) is 0 Å². The largest absolute Gasteiger partial charge is 0.489 e. The molecule has 2 aromatic rings. The maximum Gasteiger partial charge on any atom is 0.124 e. The molecule has 0 atom stereocenters. The molecule has 0 unspecified atom stereocenters. The zero-order valence-electron chi connectivity index (χ0n) is 11.8. The number of hydrogen-bond acceptors (Lipinski definition) is 3. The second kappa shape index (κ2) is 7.01. The fourth-order valence-corrected chi connectivity index (χ4v) is 1.78. The number of halogens is 1. The van der Waals surface area contributed by atoms with Crippen LogP contribution in [0.15, 0.2) is 42.7 Å². The van der Waals surface area contributed by atoms with Gasteiger partial charge in [0.05, 0.1) is 0 Å². The lowest BCUT2D eigenvalue weighted by Gasteiger charge is -2.14. The van der Waals surface area contributed by atoms with Crippen LogP contribution in [0, 0.1) is 5.82 Å². The minimum Gasteiger partial charge on any atom is -0.489 e. The van der Waals surface area contributed by atoms with Crippen molar-refractivity contribution in [3.8, 4) is 5.75 Å². The summed E-state index contributed by atoms with van der Waals surface area (Å²) in [7, 11) is 0. The Balaban J connectivity index is 2.06. The van der Waals surface area contributed by atoms with E-state index in [4.69, 9.17) is 4.74 Å². The highest BCUT2D eigenvalue weighted by Crippen LogP contribution is 2.21. The molecule has 2 rings (SSSR count). The molecule has 1 N–H and O–H groups in total. The molecular weight excluding hydrogens is 255 g/mol. The quantitative estimate of drug-likeness (QED) is 0.877. The first-order valence-corrected chi connectivity index (χ1v) is 6.68. The van der Waals surface area contributed by atoms with E-state index in [2.05, 4.69) is 24.1 Å². The van der Waals surface area contributed by atoms with Crippen molar-refractivity contribution in [3.05, 3.63) is 59.7 Å². The first kappa shape index (κ1) is 14.5. The zero-order valence-corrected chi connectivity index (χ0v) is 11.8. The van der Waals surface area contributed by atoms with E-state index < -0.39 is 0 Å². The van der Waals surface area contributed by atoms with Crippen LogP contribution in [0.4, 0.5) is 4.39 Å². The molecule has 0 amide bonds. The summed E-state index contributed by atoms with van der Waals surface area (Å²) in [6, 6.07) is 8.74. The molecule has 0 fully saturated rings. The van der Waals surface area contributed by atoms with Gasteiger partial charge >= 0.3 is 0 Å². The van der Waals surface area contributed by atoms with Crippen LogP contribution in [0.5, 0.6) is 5.75 Å². The average molecular weight is 274 g/mol. The lowest BCUT2D eigenvalue weighted by Crippen LogP contribution is -2.22. The van der Waals surface area contributed by atoms with Crippen molar-refractivity contribution < 1.29 is 9.13 Å². The first-order chi connectivity index (χ1) is 9.65. The van der Waals surface area contributed by atoms with Gasteiger partial charge in [-0.1, -0.05) is 13.8 Å². The maximum absolute atomic E-state index is 13.3. The van der Waals surface area contributed by atoms with Crippen LogP contribution in [-0.4, -0.2) is 11.0 Å². The molecule has 0 aliphatic heterocycles. The minimum absolute atomic E-state index is 0.248. The van der Waals surface area contributed by atoms with E-state index in [-0.39, 0.29) is 5.82 Å². The Morgan fingerprint density at radius 2 is 1.95 bits per heavy atom. The zero-order chi connectivity index (χ0) is 14.4. The molecule has 1 aromatic carbocycles. The molecular formula is C16H19FN2O. The van der Waals surface area contributed by atoms with Gasteiger partial charge in [-0.15, -0.1) is 0 Å². The highest BCUT2D eigenvalue weighted by molar-refractivity contribution is 5.34. The number of rotatable bonds is 6. The van der Waals surface area contributed by atoms with Gasteiger partial charge in [0.25, 0.3) is 0 Å². The average Bonchev–Trinajstić information content (AvgIpc) is 2.45. The fourth-order valence-electron chi connectivity index (χ4n) is 1.78. The van der Waals surface area contributed by atoms with Gasteiger partial charge in [-0.2, -0.15) is 0 Å². The van der Waals surface area contributed by atoms with Crippen molar-refractivity contribution in [2.24, 2.45) is 0 Å². The van der Waals surface area contributed by atoms with E-state index in [1.54, 1.807) is 18.5 Å². The number of ether oxygens (including phenoxy) is 1. The molecule has 0 saturated carbocycles. The Bertz CT molecular complexity index is 543. The Hall–Kier alpha value is -1.94. The summed E-state index contributed by atoms with van der Waals surface area (Å²) < 4.78 is 19.1. The van der Waals surface area contributed by atoms with E-state index in [1.165, 1.54) is 12.1 Å². The summed E-state index contributed by atoms with van der Waals surface area (Å²) in [6.45, 7) is 5.14. The second-order valence-electron chi connectivity index (χ2n) is 4.93. The number of pyridine rings is 1. The highest BCUT2D eigenvalue weighted by atomic mass is 19.1. The number of aromatic nitrogens is 1. The fraction of sp³-hybridized carbons (Fsp3) is 0.312. The molecule has 3 nitrogen and oxygen atoms in total. The van der Waals surface area contributed by atoms with Gasteiger partial charge in [-0.25, -0.2) is 4.39 Å². The topological polar surface area (TPSA) is 34.1 Å². The smallest absolute Gasteiger partial charge is 0.124 e. The number of hydrogen-bond donors (Lipinski definition) is 1. The molecule has 20 heavy (non-hydrogen) atoms. The maximum atomic E-state index is 13.3. The van der Waals surface area contributed by atoms with Crippen LogP contribution in [0.1, 0.15) is 25.0 Å². The van der Waals surface area contributed by atoms with Crippen LogP contribution in [-0.2, 0) is 13.2 Å². The van der Waals surface area contributed by atoms with Crippen LogP contribution in [0.25, 0.3) is 0 Å². The second-order valence-corrected chi connectivity index (χ2v) is 4.93. The Labute approximate surface area is 118 Å². The Morgan fingerprint density at radius 3 is 2.65 bits per heavy atom. The van der Waals surface area contributed by atoms with Crippen LogP contribution >= 0.6 is 0 Å². The summed E-state index contributed by atoms with van der Waals surface area (Å²) in [5, 5.41) is 3.27. The van der Waals surface area contributed by atoms with Gasteiger partial charge in [-0.05, 0) is 35.9 Å². The van der Waals surface area contributed by atoms with E-state index in [1.807, 2.05) is 12.1 Å². The van der Waals surface area contributed by atoms with Gasteiger partial charge < -0.3 is 10.1 Å². The van der Waals surface area contributed by atoms with E-state index in [0.717, 1.165) is 11.1 Å².